The Kier molecular flexibility index (Phi) is 15.9. The first-order chi connectivity index (χ1) is 3.42. The number of phosphoric acid groups is 1. The molecule has 0 aliphatic rings. The van der Waals surface area contributed by atoms with Crippen LogP contribution in [-0.4, -0.2) is 95.6 Å². The predicted molar refractivity (Wildman–Crippen MR) is 39.8 cm³/mol. The minimum absolute atomic E-state index is 0. The molecule has 0 aliphatic carbocycles. The van der Waals surface area contributed by atoms with Crippen molar-refractivity contribution in [3.8, 4) is 0 Å². The summed E-state index contributed by atoms with van der Waals surface area (Å²) in [4.78, 5) is 23.2. The van der Waals surface area contributed by atoms with E-state index in [1.807, 2.05) is 0 Å². The molecule has 0 spiro atoms. The van der Waals surface area contributed by atoms with E-state index in [0.717, 1.165) is 0 Å². The summed E-state index contributed by atoms with van der Waals surface area (Å²) in [6.07, 6.45) is 0. The van der Waals surface area contributed by atoms with Crippen LogP contribution in [0.1, 0.15) is 1.43 Å². The maximum atomic E-state index is 9.58. The van der Waals surface area contributed by atoms with Crippen LogP contribution in [0.25, 0.3) is 0 Å². The van der Waals surface area contributed by atoms with Crippen LogP contribution in [0.4, 0.5) is 0 Å². The van der Waals surface area contributed by atoms with Crippen LogP contribution in [0.5, 0.6) is 0 Å². The maximum absolute atomic E-state index is 9.58. The van der Waals surface area contributed by atoms with Gasteiger partial charge in [0.2, 0.25) is 0 Å². The standard InChI is InChI=1S/K.Na.H4O6P2.2H/c;;1-7(2)6-8(3,4)5;;/h;;7H,(H,1,2)(H2,3,4,5);;/p+1. The van der Waals surface area contributed by atoms with Gasteiger partial charge in [0.15, 0.2) is 0 Å². The summed E-state index contributed by atoms with van der Waals surface area (Å²) >= 11 is 0. The second-order valence-corrected chi connectivity index (χ2v) is 3.09. The van der Waals surface area contributed by atoms with Crippen molar-refractivity contribution in [2.75, 3.05) is 0 Å². The second-order valence-electron chi connectivity index (χ2n) is 0.848. The van der Waals surface area contributed by atoms with E-state index in [1.165, 1.54) is 0 Å². The molecule has 54 valence electrons. The monoisotopic (exact) mass is 227 g/mol. The van der Waals surface area contributed by atoms with E-state index >= 15 is 0 Å². The first kappa shape index (κ1) is 18.7. The number of hydrogen-bond acceptors (Lipinski definition) is 3. The number of hydrogen-bond donors (Lipinski definition) is 3. The molecule has 6 nitrogen and oxygen atoms in total. The van der Waals surface area contributed by atoms with E-state index in [0.29, 0.717) is 0 Å². The molecule has 0 aliphatic heterocycles. The molecule has 0 aromatic heterocycles. The van der Waals surface area contributed by atoms with E-state index in [4.69, 9.17) is 14.7 Å². The number of rotatable bonds is 2. The Labute approximate surface area is 124 Å². The molecule has 0 heterocycles. The molecule has 0 aromatic carbocycles. The van der Waals surface area contributed by atoms with Crippen molar-refractivity contribution >= 4 is 97.0 Å². The van der Waals surface area contributed by atoms with Gasteiger partial charge in [-0.05, 0) is 0 Å². The third-order valence-electron chi connectivity index (χ3n) is 0.197. The molecule has 0 rings (SSSR count). The van der Waals surface area contributed by atoms with E-state index in [1.54, 1.807) is 0 Å². The third-order valence-corrected chi connectivity index (χ3v) is 1.77. The molecule has 0 saturated carbocycles. The van der Waals surface area contributed by atoms with Gasteiger partial charge in [-0.2, -0.15) is 0 Å². The topological polar surface area (TPSA) is 104 Å². The van der Waals surface area contributed by atoms with Crippen LogP contribution in [-0.2, 0) is 13.4 Å². The third kappa shape index (κ3) is 17.1. The van der Waals surface area contributed by atoms with Gasteiger partial charge in [0, 0.05) is 0 Å². The van der Waals surface area contributed by atoms with Crippen LogP contribution in [0.2, 0.25) is 0 Å². The van der Waals surface area contributed by atoms with Gasteiger partial charge in [-0.1, -0.05) is 0 Å². The van der Waals surface area contributed by atoms with Crippen molar-refractivity contribution in [3.63, 3.8) is 0 Å². The predicted octanol–water partition coefficient (Wildman–Crippen LogP) is -1.71. The van der Waals surface area contributed by atoms with Gasteiger partial charge in [0.25, 0.3) is 0 Å². The zero-order chi connectivity index (χ0) is 6.78. The van der Waals surface area contributed by atoms with Gasteiger partial charge < -0.3 is 14.7 Å². The molecule has 0 radical (unpaired) electrons. The molecule has 1 unspecified atom stereocenters. The van der Waals surface area contributed by atoms with E-state index in [-0.39, 0.29) is 82.4 Å². The van der Waals surface area contributed by atoms with Crippen molar-refractivity contribution in [2.45, 2.75) is 0 Å². The molecule has 0 aromatic rings. The molecular weight excluding hydrogens is 220 g/mol. The molecule has 10 heteroatoms. The summed E-state index contributed by atoms with van der Waals surface area (Å²) in [5.41, 5.74) is 0. The SMILES string of the molecule is O=[PH](O)OP(=O)(O)O.[H+].[KH].[NaH]. The van der Waals surface area contributed by atoms with E-state index in [2.05, 4.69) is 4.31 Å². The van der Waals surface area contributed by atoms with Crippen LogP contribution in [0.3, 0.4) is 0 Å². The van der Waals surface area contributed by atoms with Crippen LogP contribution < -0.4 is 0 Å². The molecule has 3 N–H and O–H groups in total. The van der Waals surface area contributed by atoms with Crippen molar-refractivity contribution in [1.82, 2.24) is 0 Å². The minimum atomic E-state index is -4.74. The van der Waals surface area contributed by atoms with Crippen molar-refractivity contribution < 1.29 is 29.5 Å². The summed E-state index contributed by atoms with van der Waals surface area (Å²) < 4.78 is 22.3. The molecule has 10 heavy (non-hydrogen) atoms. The van der Waals surface area contributed by atoms with Crippen LogP contribution >= 0.6 is 16.1 Å². The van der Waals surface area contributed by atoms with Crippen molar-refractivity contribution in [2.24, 2.45) is 0 Å². The normalized spacial score (nSPS) is 12.7. The van der Waals surface area contributed by atoms with Gasteiger partial charge in [-0.3, -0.25) is 4.57 Å². The Hall–Kier alpha value is 2.94. The van der Waals surface area contributed by atoms with Crippen molar-refractivity contribution in [3.05, 3.63) is 0 Å². The average Bonchev–Trinajstić information content (AvgIpc) is 1.21. The summed E-state index contributed by atoms with van der Waals surface area (Å²) in [6, 6.07) is 0. The Morgan fingerprint density at radius 2 is 1.80 bits per heavy atom. The Balaban J connectivity index is -0.0000000817. The van der Waals surface area contributed by atoms with Gasteiger partial charge in [-0.25, -0.2) is 8.88 Å². The molecule has 0 fully saturated rings. The Bertz CT molecular complexity index is 144. The van der Waals surface area contributed by atoms with Crippen LogP contribution in [0, 0.1) is 0 Å². The molecule has 0 amide bonds. The molecule has 0 bridgehead atoms. The second kappa shape index (κ2) is 8.53. The molecule has 0 saturated heterocycles. The van der Waals surface area contributed by atoms with Crippen molar-refractivity contribution in [1.29, 1.82) is 0 Å². The first-order valence-corrected chi connectivity index (χ1v) is 4.19. The zero-order valence-electron chi connectivity index (χ0n) is 4.51. The van der Waals surface area contributed by atoms with Gasteiger partial charge >= 0.3 is 98.4 Å². The van der Waals surface area contributed by atoms with Gasteiger partial charge in [0.1, 0.15) is 0 Å². The molecule has 1 atom stereocenters. The summed E-state index contributed by atoms with van der Waals surface area (Å²) in [6.45, 7) is 0. The van der Waals surface area contributed by atoms with Crippen LogP contribution in [0.15, 0.2) is 0 Å². The summed E-state index contributed by atoms with van der Waals surface area (Å²) in [7, 11) is -8.24. The summed E-state index contributed by atoms with van der Waals surface area (Å²) in [5.74, 6) is 0. The zero-order valence-corrected chi connectivity index (χ0v) is 5.41. The average molecular weight is 227 g/mol. The van der Waals surface area contributed by atoms with E-state index < -0.39 is 16.1 Å². The molecular formula is H7KNaO6P2+. The summed E-state index contributed by atoms with van der Waals surface area (Å²) in [5, 5.41) is 0. The Morgan fingerprint density at radius 3 is 1.80 bits per heavy atom. The first-order valence-electron chi connectivity index (χ1n) is 1.40. The van der Waals surface area contributed by atoms with Gasteiger partial charge in [-0.15, -0.1) is 0 Å². The fourth-order valence-electron chi connectivity index (χ4n) is 0.102. The Morgan fingerprint density at radius 1 is 1.50 bits per heavy atom. The fourth-order valence-corrected chi connectivity index (χ4v) is 0.916. The fraction of sp³-hybridized carbons (Fsp3) is 0. The van der Waals surface area contributed by atoms with Gasteiger partial charge in [0.05, 0.1) is 0 Å². The van der Waals surface area contributed by atoms with E-state index in [9.17, 15) is 9.13 Å². The quantitative estimate of drug-likeness (QED) is 0.383.